The molecular weight excluding hydrogens is 246 g/mol. The Balaban J connectivity index is 1.74. The summed E-state index contributed by atoms with van der Waals surface area (Å²) in [5, 5.41) is 3.67. The van der Waals surface area contributed by atoms with E-state index in [1.165, 1.54) is 32.1 Å². The largest absolute Gasteiger partial charge is 0.465 e. The van der Waals surface area contributed by atoms with Gasteiger partial charge in [-0.3, -0.25) is 0 Å². The predicted molar refractivity (Wildman–Crippen MR) is 84.7 cm³/mol. The van der Waals surface area contributed by atoms with Crippen LogP contribution < -0.4 is 5.32 Å². The number of hydrogen-bond donors (Lipinski definition) is 1. The van der Waals surface area contributed by atoms with Gasteiger partial charge in [0, 0.05) is 12.5 Å². The van der Waals surface area contributed by atoms with Crippen LogP contribution in [0.1, 0.15) is 71.3 Å². The van der Waals surface area contributed by atoms with Crippen LogP contribution in [-0.4, -0.2) is 6.04 Å². The quantitative estimate of drug-likeness (QED) is 0.798. The number of hydrogen-bond acceptors (Lipinski definition) is 2. The molecule has 0 saturated heterocycles. The van der Waals surface area contributed by atoms with Gasteiger partial charge in [-0.15, -0.1) is 0 Å². The van der Waals surface area contributed by atoms with Gasteiger partial charge in [0.15, 0.2) is 0 Å². The van der Waals surface area contributed by atoms with E-state index in [0.717, 1.165) is 30.4 Å². The standard InChI is InChI=1S/C18H31NO/c1-5-16-11-12-17(20-16)13-19-15-9-7-14(8-10-15)18(3,4)6-2/h11-12,14-15,19H,5-10,13H2,1-4H3. The van der Waals surface area contributed by atoms with Gasteiger partial charge in [-0.25, -0.2) is 0 Å². The summed E-state index contributed by atoms with van der Waals surface area (Å²) in [6, 6.07) is 4.88. The van der Waals surface area contributed by atoms with Gasteiger partial charge in [-0.1, -0.05) is 34.1 Å². The van der Waals surface area contributed by atoms with Crippen molar-refractivity contribution in [3.05, 3.63) is 23.7 Å². The highest BCUT2D eigenvalue weighted by molar-refractivity contribution is 5.07. The van der Waals surface area contributed by atoms with Crippen molar-refractivity contribution >= 4 is 0 Å². The molecule has 0 spiro atoms. The summed E-state index contributed by atoms with van der Waals surface area (Å²) in [7, 11) is 0. The Morgan fingerprint density at radius 2 is 1.75 bits per heavy atom. The first-order valence-electron chi connectivity index (χ1n) is 8.36. The highest BCUT2D eigenvalue weighted by atomic mass is 16.3. The molecule has 0 amide bonds. The maximum Gasteiger partial charge on any atom is 0.117 e. The SMILES string of the molecule is CCc1ccc(CNC2CCC(C(C)(C)CC)CC2)o1. The van der Waals surface area contributed by atoms with Crippen molar-refractivity contribution in [2.75, 3.05) is 0 Å². The first kappa shape index (κ1) is 15.6. The summed E-state index contributed by atoms with van der Waals surface area (Å²) in [5.41, 5.74) is 0.516. The molecule has 1 saturated carbocycles. The molecule has 1 aromatic heterocycles. The molecule has 1 fully saturated rings. The van der Waals surface area contributed by atoms with E-state index in [1.807, 2.05) is 0 Å². The highest BCUT2D eigenvalue weighted by Crippen LogP contribution is 2.40. The van der Waals surface area contributed by atoms with E-state index in [9.17, 15) is 0 Å². The molecule has 1 aromatic rings. The predicted octanol–water partition coefficient (Wildman–Crippen LogP) is 4.93. The molecule has 0 atom stereocenters. The maximum absolute atomic E-state index is 5.75. The molecule has 2 nitrogen and oxygen atoms in total. The van der Waals surface area contributed by atoms with Crippen LogP contribution in [0.2, 0.25) is 0 Å². The number of rotatable bonds is 6. The van der Waals surface area contributed by atoms with E-state index in [1.54, 1.807) is 0 Å². The second kappa shape index (κ2) is 6.80. The zero-order valence-corrected chi connectivity index (χ0v) is 13.7. The fourth-order valence-electron chi connectivity index (χ4n) is 3.32. The van der Waals surface area contributed by atoms with Crippen molar-refractivity contribution in [1.29, 1.82) is 0 Å². The topological polar surface area (TPSA) is 25.2 Å². The summed E-state index contributed by atoms with van der Waals surface area (Å²) in [6.45, 7) is 10.2. The lowest BCUT2D eigenvalue weighted by Gasteiger charge is -2.39. The van der Waals surface area contributed by atoms with Gasteiger partial charge >= 0.3 is 0 Å². The van der Waals surface area contributed by atoms with Crippen LogP contribution >= 0.6 is 0 Å². The van der Waals surface area contributed by atoms with Crippen LogP contribution in [0, 0.1) is 11.3 Å². The Kier molecular flexibility index (Phi) is 5.31. The van der Waals surface area contributed by atoms with Crippen molar-refractivity contribution in [2.24, 2.45) is 11.3 Å². The Hall–Kier alpha value is -0.760. The fraction of sp³-hybridized carbons (Fsp3) is 0.778. The van der Waals surface area contributed by atoms with Crippen molar-refractivity contribution in [1.82, 2.24) is 5.32 Å². The Morgan fingerprint density at radius 1 is 1.10 bits per heavy atom. The molecule has 1 aliphatic rings. The normalized spacial score (nSPS) is 24.0. The van der Waals surface area contributed by atoms with Crippen LogP contribution in [0.3, 0.4) is 0 Å². The van der Waals surface area contributed by atoms with Crippen molar-refractivity contribution < 1.29 is 4.42 Å². The summed E-state index contributed by atoms with van der Waals surface area (Å²) >= 11 is 0. The molecule has 1 heterocycles. The second-order valence-corrected chi connectivity index (χ2v) is 6.99. The average molecular weight is 277 g/mol. The van der Waals surface area contributed by atoms with Crippen LogP contribution in [-0.2, 0) is 13.0 Å². The third-order valence-electron chi connectivity index (χ3n) is 5.37. The molecule has 114 valence electrons. The first-order valence-corrected chi connectivity index (χ1v) is 8.36. The Labute approximate surface area is 124 Å². The molecule has 0 unspecified atom stereocenters. The van der Waals surface area contributed by atoms with E-state index in [-0.39, 0.29) is 0 Å². The Bertz CT molecular complexity index is 399. The van der Waals surface area contributed by atoms with Crippen molar-refractivity contribution in [3.63, 3.8) is 0 Å². The van der Waals surface area contributed by atoms with E-state index in [2.05, 4.69) is 45.1 Å². The highest BCUT2D eigenvalue weighted by Gasteiger charge is 2.31. The molecule has 2 rings (SSSR count). The summed E-state index contributed by atoms with van der Waals surface area (Å²) in [4.78, 5) is 0. The smallest absolute Gasteiger partial charge is 0.117 e. The van der Waals surface area contributed by atoms with Crippen LogP contribution in [0.5, 0.6) is 0 Å². The van der Waals surface area contributed by atoms with Gasteiger partial charge in [0.05, 0.1) is 6.54 Å². The van der Waals surface area contributed by atoms with Gasteiger partial charge in [0.2, 0.25) is 0 Å². The van der Waals surface area contributed by atoms with E-state index >= 15 is 0 Å². The van der Waals surface area contributed by atoms with Gasteiger partial charge in [0.25, 0.3) is 0 Å². The second-order valence-electron chi connectivity index (χ2n) is 6.99. The molecule has 0 bridgehead atoms. The molecule has 2 heteroatoms. The van der Waals surface area contributed by atoms with Crippen molar-refractivity contribution in [2.45, 2.75) is 78.8 Å². The van der Waals surface area contributed by atoms with E-state index < -0.39 is 0 Å². The van der Waals surface area contributed by atoms with Gasteiger partial charge in [0.1, 0.15) is 11.5 Å². The third-order valence-corrected chi connectivity index (χ3v) is 5.37. The minimum atomic E-state index is 0.516. The van der Waals surface area contributed by atoms with Crippen molar-refractivity contribution in [3.8, 4) is 0 Å². The van der Waals surface area contributed by atoms with Crippen LogP contribution in [0.4, 0.5) is 0 Å². The Morgan fingerprint density at radius 3 is 2.30 bits per heavy atom. The summed E-state index contributed by atoms with van der Waals surface area (Å²) in [5.74, 6) is 3.08. The average Bonchev–Trinajstić information content (AvgIpc) is 2.93. The lowest BCUT2D eigenvalue weighted by molar-refractivity contribution is 0.136. The van der Waals surface area contributed by atoms with Gasteiger partial charge in [-0.2, -0.15) is 0 Å². The molecule has 20 heavy (non-hydrogen) atoms. The molecular formula is C18H31NO. The zero-order chi connectivity index (χ0) is 14.6. The van der Waals surface area contributed by atoms with Crippen LogP contribution in [0.25, 0.3) is 0 Å². The minimum absolute atomic E-state index is 0.516. The first-order chi connectivity index (χ1) is 9.55. The molecule has 1 N–H and O–H groups in total. The number of nitrogens with one attached hydrogen (secondary N) is 1. The monoisotopic (exact) mass is 277 g/mol. The lowest BCUT2D eigenvalue weighted by atomic mass is 9.69. The summed E-state index contributed by atoms with van der Waals surface area (Å²) < 4.78 is 5.75. The number of aryl methyl sites for hydroxylation is 1. The molecule has 0 aliphatic heterocycles. The lowest BCUT2D eigenvalue weighted by Crippen LogP contribution is -2.36. The maximum atomic E-state index is 5.75. The molecule has 0 radical (unpaired) electrons. The third kappa shape index (κ3) is 3.88. The summed E-state index contributed by atoms with van der Waals surface area (Å²) in [6.07, 6.45) is 7.65. The van der Waals surface area contributed by atoms with Crippen LogP contribution in [0.15, 0.2) is 16.5 Å². The van der Waals surface area contributed by atoms with Gasteiger partial charge < -0.3 is 9.73 Å². The fourth-order valence-corrected chi connectivity index (χ4v) is 3.32. The molecule has 1 aliphatic carbocycles. The number of furan rings is 1. The van der Waals surface area contributed by atoms with E-state index in [4.69, 9.17) is 4.42 Å². The minimum Gasteiger partial charge on any atom is -0.465 e. The van der Waals surface area contributed by atoms with Gasteiger partial charge in [-0.05, 0) is 49.1 Å². The van der Waals surface area contributed by atoms with E-state index in [0.29, 0.717) is 11.5 Å². The zero-order valence-electron chi connectivity index (χ0n) is 13.7. The molecule has 0 aromatic carbocycles.